The lowest BCUT2D eigenvalue weighted by Gasteiger charge is -2.08. The predicted molar refractivity (Wildman–Crippen MR) is 72.8 cm³/mol. The molecule has 1 aromatic rings. The maximum Gasteiger partial charge on any atom is 0.315 e. The zero-order valence-corrected chi connectivity index (χ0v) is 10.9. The fourth-order valence-corrected chi connectivity index (χ4v) is 1.45. The number of thiocarbonyl (C=S) groups is 1. The van der Waals surface area contributed by atoms with E-state index < -0.39 is 5.82 Å². The Kier molecular flexibility index (Phi) is 5.51. The monoisotopic (exact) mass is 269 g/mol. The highest BCUT2D eigenvalue weighted by Crippen LogP contribution is 2.10. The second kappa shape index (κ2) is 6.90. The molecule has 0 heterocycles. The molecule has 0 bridgehead atoms. The topological polar surface area (TPSA) is 67.2 Å². The first-order valence-electron chi connectivity index (χ1n) is 5.64. The molecule has 0 aromatic heterocycles. The van der Waals surface area contributed by atoms with Crippen LogP contribution in [0, 0.1) is 5.82 Å². The van der Waals surface area contributed by atoms with Crippen molar-refractivity contribution in [3.8, 4) is 0 Å². The average Bonchev–Trinajstić information content (AvgIpc) is 2.34. The Labute approximate surface area is 111 Å². The normalized spacial score (nSPS) is 9.89. The van der Waals surface area contributed by atoms with Crippen LogP contribution in [0.4, 0.5) is 9.18 Å². The van der Waals surface area contributed by atoms with E-state index in [-0.39, 0.29) is 17.6 Å². The molecule has 1 rings (SSSR count). The van der Waals surface area contributed by atoms with Gasteiger partial charge in [0.25, 0.3) is 0 Å². The zero-order valence-electron chi connectivity index (χ0n) is 10.1. The van der Waals surface area contributed by atoms with Crippen molar-refractivity contribution in [1.29, 1.82) is 0 Å². The third-order valence-corrected chi connectivity index (χ3v) is 2.55. The summed E-state index contributed by atoms with van der Waals surface area (Å²) in [6.45, 7) is 2.67. The molecule has 0 spiro atoms. The van der Waals surface area contributed by atoms with E-state index >= 15 is 0 Å². The van der Waals surface area contributed by atoms with Crippen LogP contribution in [0.15, 0.2) is 18.2 Å². The van der Waals surface area contributed by atoms with Crippen LogP contribution in [0.5, 0.6) is 0 Å². The summed E-state index contributed by atoms with van der Waals surface area (Å²) < 4.78 is 13.6. The number of carbonyl (C=O) groups is 1. The van der Waals surface area contributed by atoms with E-state index in [4.69, 9.17) is 18.0 Å². The van der Waals surface area contributed by atoms with Gasteiger partial charge < -0.3 is 16.4 Å². The minimum absolute atomic E-state index is 0.124. The van der Waals surface area contributed by atoms with Gasteiger partial charge in [0.05, 0.1) is 0 Å². The fraction of sp³-hybridized carbons (Fsp3) is 0.333. The number of hydrogen-bond acceptors (Lipinski definition) is 2. The SMILES string of the molecule is CCCNC(=O)NCc1ccc(C(N)=S)cc1F. The molecule has 0 aliphatic rings. The van der Waals surface area contributed by atoms with Crippen molar-refractivity contribution in [2.45, 2.75) is 19.9 Å². The Morgan fingerprint density at radius 3 is 2.72 bits per heavy atom. The van der Waals surface area contributed by atoms with Crippen LogP contribution in [0.3, 0.4) is 0 Å². The Hall–Kier alpha value is -1.69. The van der Waals surface area contributed by atoms with Crippen molar-refractivity contribution in [3.05, 3.63) is 35.1 Å². The summed E-state index contributed by atoms with van der Waals surface area (Å²) in [6, 6.07) is 4.15. The highest BCUT2D eigenvalue weighted by Gasteiger charge is 2.06. The van der Waals surface area contributed by atoms with Crippen LogP contribution in [-0.2, 0) is 6.54 Å². The quantitative estimate of drug-likeness (QED) is 0.712. The van der Waals surface area contributed by atoms with Crippen molar-refractivity contribution in [3.63, 3.8) is 0 Å². The summed E-state index contributed by atoms with van der Waals surface area (Å²) in [6.07, 6.45) is 0.852. The van der Waals surface area contributed by atoms with Gasteiger partial charge in [-0.15, -0.1) is 0 Å². The molecule has 0 saturated carbocycles. The van der Waals surface area contributed by atoms with Crippen LogP contribution in [0.2, 0.25) is 0 Å². The minimum Gasteiger partial charge on any atom is -0.389 e. The lowest BCUT2D eigenvalue weighted by molar-refractivity contribution is 0.240. The summed E-state index contributed by atoms with van der Waals surface area (Å²) in [5.74, 6) is -0.434. The summed E-state index contributed by atoms with van der Waals surface area (Å²) in [4.78, 5) is 11.4. The second-order valence-electron chi connectivity index (χ2n) is 3.78. The van der Waals surface area contributed by atoms with Gasteiger partial charge in [-0.25, -0.2) is 9.18 Å². The number of amides is 2. The van der Waals surface area contributed by atoms with E-state index in [0.29, 0.717) is 17.7 Å². The molecule has 0 unspecified atom stereocenters. The molecule has 0 saturated heterocycles. The van der Waals surface area contributed by atoms with E-state index in [9.17, 15) is 9.18 Å². The largest absolute Gasteiger partial charge is 0.389 e. The number of benzene rings is 1. The van der Waals surface area contributed by atoms with Gasteiger partial charge in [-0.2, -0.15) is 0 Å². The smallest absolute Gasteiger partial charge is 0.315 e. The van der Waals surface area contributed by atoms with Crippen LogP contribution >= 0.6 is 12.2 Å². The predicted octanol–water partition coefficient (Wildman–Crippen LogP) is 1.67. The molecule has 0 fully saturated rings. The Morgan fingerprint density at radius 1 is 1.44 bits per heavy atom. The first-order valence-corrected chi connectivity index (χ1v) is 6.05. The molecule has 4 N–H and O–H groups in total. The molecular formula is C12H16FN3OS. The van der Waals surface area contributed by atoms with Crippen LogP contribution in [0.25, 0.3) is 0 Å². The van der Waals surface area contributed by atoms with Gasteiger partial charge in [0.2, 0.25) is 0 Å². The maximum atomic E-state index is 13.6. The molecule has 0 radical (unpaired) electrons. The first-order chi connectivity index (χ1) is 8.54. The highest BCUT2D eigenvalue weighted by molar-refractivity contribution is 7.80. The van der Waals surface area contributed by atoms with Gasteiger partial charge in [0.1, 0.15) is 10.8 Å². The highest BCUT2D eigenvalue weighted by atomic mass is 32.1. The Bertz CT molecular complexity index is 451. The first kappa shape index (κ1) is 14.4. The molecule has 6 heteroatoms. The molecule has 18 heavy (non-hydrogen) atoms. The van der Waals surface area contributed by atoms with Gasteiger partial charge in [-0.3, -0.25) is 0 Å². The summed E-state index contributed by atoms with van der Waals surface area (Å²) in [5.41, 5.74) is 6.26. The lowest BCUT2D eigenvalue weighted by Crippen LogP contribution is -2.35. The number of hydrogen-bond donors (Lipinski definition) is 3. The third-order valence-electron chi connectivity index (χ3n) is 2.31. The van der Waals surface area contributed by atoms with E-state index in [1.807, 2.05) is 6.92 Å². The van der Waals surface area contributed by atoms with E-state index in [1.165, 1.54) is 6.07 Å². The number of nitrogens with one attached hydrogen (secondary N) is 2. The van der Waals surface area contributed by atoms with Crippen molar-refractivity contribution in [2.24, 2.45) is 5.73 Å². The van der Waals surface area contributed by atoms with E-state index in [0.717, 1.165) is 6.42 Å². The molecule has 98 valence electrons. The van der Waals surface area contributed by atoms with E-state index in [2.05, 4.69) is 10.6 Å². The fourth-order valence-electron chi connectivity index (χ4n) is 1.32. The van der Waals surface area contributed by atoms with Gasteiger partial charge in [-0.1, -0.05) is 31.3 Å². The Morgan fingerprint density at radius 2 is 2.17 bits per heavy atom. The number of rotatable bonds is 5. The summed E-state index contributed by atoms with van der Waals surface area (Å²) >= 11 is 4.75. The van der Waals surface area contributed by atoms with Crippen molar-refractivity contribution >= 4 is 23.2 Å². The average molecular weight is 269 g/mol. The summed E-state index contributed by atoms with van der Waals surface area (Å²) in [7, 11) is 0. The molecule has 0 atom stereocenters. The molecule has 0 aliphatic heterocycles. The third kappa shape index (κ3) is 4.29. The number of carbonyl (C=O) groups excluding carboxylic acids is 1. The number of halogens is 1. The second-order valence-corrected chi connectivity index (χ2v) is 4.22. The Balaban J connectivity index is 2.58. The summed E-state index contributed by atoms with van der Waals surface area (Å²) in [5, 5.41) is 5.21. The van der Waals surface area contributed by atoms with Gasteiger partial charge in [0, 0.05) is 24.2 Å². The van der Waals surface area contributed by atoms with Crippen molar-refractivity contribution in [1.82, 2.24) is 10.6 Å². The van der Waals surface area contributed by atoms with Gasteiger partial charge in [0.15, 0.2) is 0 Å². The maximum absolute atomic E-state index is 13.6. The molecule has 4 nitrogen and oxygen atoms in total. The van der Waals surface area contributed by atoms with Crippen molar-refractivity contribution in [2.75, 3.05) is 6.54 Å². The lowest BCUT2D eigenvalue weighted by atomic mass is 10.1. The number of urea groups is 1. The molecule has 1 aromatic carbocycles. The standard InChI is InChI=1S/C12H16FN3OS/c1-2-5-15-12(17)16-7-9-4-3-8(11(14)18)6-10(9)13/h3-4,6H,2,5,7H2,1H3,(H2,14,18)(H2,15,16,17). The van der Waals surface area contributed by atoms with Crippen LogP contribution < -0.4 is 16.4 Å². The molecule has 2 amide bonds. The number of nitrogens with two attached hydrogens (primary N) is 1. The molecular weight excluding hydrogens is 253 g/mol. The zero-order chi connectivity index (χ0) is 13.5. The van der Waals surface area contributed by atoms with Gasteiger partial charge >= 0.3 is 6.03 Å². The van der Waals surface area contributed by atoms with Crippen LogP contribution in [-0.4, -0.2) is 17.6 Å². The van der Waals surface area contributed by atoms with E-state index in [1.54, 1.807) is 12.1 Å². The van der Waals surface area contributed by atoms with Crippen LogP contribution in [0.1, 0.15) is 24.5 Å². The van der Waals surface area contributed by atoms with Crippen molar-refractivity contribution < 1.29 is 9.18 Å². The molecule has 0 aliphatic carbocycles. The van der Waals surface area contributed by atoms with Gasteiger partial charge in [-0.05, 0) is 12.5 Å². The minimum atomic E-state index is -0.434.